The zero-order valence-electron chi connectivity index (χ0n) is 10.6. The highest BCUT2D eigenvalue weighted by atomic mass is 16.3. The van der Waals surface area contributed by atoms with E-state index in [1.165, 1.54) is 11.1 Å². The highest BCUT2D eigenvalue weighted by Crippen LogP contribution is 2.16. The van der Waals surface area contributed by atoms with Crippen molar-refractivity contribution >= 4 is 5.91 Å². The first kappa shape index (κ1) is 13.1. The van der Waals surface area contributed by atoms with Gasteiger partial charge in [0.1, 0.15) is 0 Å². The molecular formula is C14H20N2O2. The third-order valence-electron chi connectivity index (χ3n) is 3.46. The van der Waals surface area contributed by atoms with E-state index in [1.807, 2.05) is 19.1 Å². The molecule has 3 N–H and O–H groups in total. The van der Waals surface area contributed by atoms with Gasteiger partial charge in [0, 0.05) is 6.54 Å². The van der Waals surface area contributed by atoms with E-state index in [-0.39, 0.29) is 24.6 Å². The molecule has 0 radical (unpaired) electrons. The van der Waals surface area contributed by atoms with Gasteiger partial charge in [-0.05, 0) is 24.0 Å². The zero-order valence-corrected chi connectivity index (χ0v) is 10.6. The highest BCUT2D eigenvalue weighted by molar-refractivity contribution is 5.82. The van der Waals surface area contributed by atoms with Crippen molar-refractivity contribution in [3.05, 3.63) is 35.4 Å². The molecule has 1 unspecified atom stereocenters. The van der Waals surface area contributed by atoms with Crippen LogP contribution in [-0.4, -0.2) is 29.7 Å². The predicted octanol–water partition coefficient (Wildman–Crippen LogP) is 0.588. The minimum absolute atomic E-state index is 0.00839. The normalized spacial score (nSPS) is 20.0. The van der Waals surface area contributed by atoms with Crippen molar-refractivity contribution in [3.8, 4) is 0 Å². The van der Waals surface area contributed by atoms with Crippen LogP contribution in [0.15, 0.2) is 24.3 Å². The van der Waals surface area contributed by atoms with Gasteiger partial charge in [-0.25, -0.2) is 0 Å². The standard InChI is InChI=1S/C14H20N2O2/c1-2-12(9-17)16-14(18)13-7-10-5-3-4-6-11(10)8-15-13/h3-6,12-13,15,17H,2,7-9H2,1H3,(H,16,18)/t12?,13-/m0/s1. The van der Waals surface area contributed by atoms with Crippen molar-refractivity contribution in [2.24, 2.45) is 0 Å². The Labute approximate surface area is 107 Å². The molecule has 0 fully saturated rings. The average molecular weight is 248 g/mol. The van der Waals surface area contributed by atoms with Crippen LogP contribution in [0, 0.1) is 0 Å². The lowest BCUT2D eigenvalue weighted by molar-refractivity contribution is -0.124. The monoisotopic (exact) mass is 248 g/mol. The van der Waals surface area contributed by atoms with E-state index in [1.54, 1.807) is 0 Å². The summed E-state index contributed by atoms with van der Waals surface area (Å²) in [5.74, 6) is -0.0228. The second kappa shape index (κ2) is 5.98. The van der Waals surface area contributed by atoms with Crippen LogP contribution in [-0.2, 0) is 17.8 Å². The molecule has 0 saturated heterocycles. The number of fused-ring (bicyclic) bond motifs is 1. The SMILES string of the molecule is CCC(CO)NC(=O)[C@@H]1Cc2ccccc2CN1. The summed E-state index contributed by atoms with van der Waals surface area (Å²) in [4.78, 5) is 12.1. The fraction of sp³-hybridized carbons (Fsp3) is 0.500. The Morgan fingerprint density at radius 2 is 2.22 bits per heavy atom. The van der Waals surface area contributed by atoms with Crippen LogP contribution < -0.4 is 10.6 Å². The minimum atomic E-state index is -0.194. The second-order valence-corrected chi connectivity index (χ2v) is 4.70. The van der Waals surface area contributed by atoms with Gasteiger partial charge in [-0.2, -0.15) is 0 Å². The number of hydrogen-bond donors (Lipinski definition) is 3. The van der Waals surface area contributed by atoms with Gasteiger partial charge in [-0.15, -0.1) is 0 Å². The molecule has 0 aliphatic carbocycles. The average Bonchev–Trinajstić information content (AvgIpc) is 2.44. The molecule has 4 nitrogen and oxygen atoms in total. The molecule has 0 saturated carbocycles. The van der Waals surface area contributed by atoms with Gasteiger partial charge in [-0.3, -0.25) is 4.79 Å². The number of aliphatic hydroxyl groups is 1. The first-order valence-corrected chi connectivity index (χ1v) is 6.46. The summed E-state index contributed by atoms with van der Waals surface area (Å²) < 4.78 is 0. The smallest absolute Gasteiger partial charge is 0.237 e. The van der Waals surface area contributed by atoms with Gasteiger partial charge >= 0.3 is 0 Å². The summed E-state index contributed by atoms with van der Waals surface area (Å²) in [6.45, 7) is 2.67. The van der Waals surface area contributed by atoms with Gasteiger partial charge in [0.15, 0.2) is 0 Å². The van der Waals surface area contributed by atoms with Crippen molar-refractivity contribution in [2.75, 3.05) is 6.61 Å². The second-order valence-electron chi connectivity index (χ2n) is 4.70. The minimum Gasteiger partial charge on any atom is -0.394 e. The molecule has 2 rings (SSSR count). The third kappa shape index (κ3) is 2.89. The van der Waals surface area contributed by atoms with E-state index < -0.39 is 0 Å². The lowest BCUT2D eigenvalue weighted by Crippen LogP contribution is -2.51. The summed E-state index contributed by atoms with van der Waals surface area (Å²) in [6, 6.07) is 7.83. The van der Waals surface area contributed by atoms with E-state index in [9.17, 15) is 4.79 Å². The van der Waals surface area contributed by atoms with E-state index in [0.717, 1.165) is 13.0 Å². The Bertz CT molecular complexity index is 416. The molecular weight excluding hydrogens is 228 g/mol. The maximum absolute atomic E-state index is 12.1. The van der Waals surface area contributed by atoms with Crippen molar-refractivity contribution in [2.45, 2.75) is 38.4 Å². The number of benzene rings is 1. The first-order valence-electron chi connectivity index (χ1n) is 6.46. The number of amides is 1. The number of rotatable bonds is 4. The lowest BCUT2D eigenvalue weighted by Gasteiger charge is -2.26. The first-order chi connectivity index (χ1) is 8.74. The number of carbonyl (C=O) groups is 1. The van der Waals surface area contributed by atoms with E-state index >= 15 is 0 Å². The van der Waals surface area contributed by atoms with Crippen molar-refractivity contribution in [1.29, 1.82) is 0 Å². The molecule has 1 aliphatic heterocycles. The zero-order chi connectivity index (χ0) is 13.0. The number of nitrogens with one attached hydrogen (secondary N) is 2. The molecule has 0 spiro atoms. The summed E-state index contributed by atoms with van der Waals surface area (Å²) in [7, 11) is 0. The van der Waals surface area contributed by atoms with E-state index in [0.29, 0.717) is 6.42 Å². The number of aliphatic hydroxyl groups excluding tert-OH is 1. The summed E-state index contributed by atoms with van der Waals surface area (Å²) in [5.41, 5.74) is 2.49. The van der Waals surface area contributed by atoms with E-state index in [4.69, 9.17) is 5.11 Å². The van der Waals surface area contributed by atoms with Gasteiger partial charge in [0.05, 0.1) is 18.7 Å². The van der Waals surface area contributed by atoms with Gasteiger partial charge < -0.3 is 15.7 Å². The Kier molecular flexibility index (Phi) is 4.33. The molecule has 1 aromatic rings. The quantitative estimate of drug-likeness (QED) is 0.731. The topological polar surface area (TPSA) is 61.4 Å². The van der Waals surface area contributed by atoms with Crippen LogP contribution in [0.25, 0.3) is 0 Å². The van der Waals surface area contributed by atoms with Crippen LogP contribution in [0.1, 0.15) is 24.5 Å². The molecule has 1 aliphatic rings. The van der Waals surface area contributed by atoms with Crippen LogP contribution in [0.2, 0.25) is 0 Å². The lowest BCUT2D eigenvalue weighted by atomic mass is 9.95. The summed E-state index contributed by atoms with van der Waals surface area (Å²) in [6.07, 6.45) is 1.45. The van der Waals surface area contributed by atoms with Crippen LogP contribution in [0.4, 0.5) is 0 Å². The molecule has 1 amide bonds. The Morgan fingerprint density at radius 1 is 1.50 bits per heavy atom. The van der Waals surface area contributed by atoms with Crippen molar-refractivity contribution in [1.82, 2.24) is 10.6 Å². The Morgan fingerprint density at radius 3 is 2.89 bits per heavy atom. The maximum atomic E-state index is 12.1. The van der Waals surface area contributed by atoms with Gasteiger partial charge in [0.2, 0.25) is 5.91 Å². The van der Waals surface area contributed by atoms with E-state index in [2.05, 4.69) is 22.8 Å². The van der Waals surface area contributed by atoms with Crippen LogP contribution in [0.3, 0.4) is 0 Å². The molecule has 4 heteroatoms. The molecule has 0 bridgehead atoms. The van der Waals surface area contributed by atoms with Crippen LogP contribution >= 0.6 is 0 Å². The molecule has 2 atom stereocenters. The van der Waals surface area contributed by atoms with Crippen LogP contribution in [0.5, 0.6) is 0 Å². The Balaban J connectivity index is 1.98. The highest BCUT2D eigenvalue weighted by Gasteiger charge is 2.24. The summed E-state index contributed by atoms with van der Waals surface area (Å²) in [5, 5.41) is 15.2. The summed E-state index contributed by atoms with van der Waals surface area (Å²) >= 11 is 0. The number of hydrogen-bond acceptors (Lipinski definition) is 3. The fourth-order valence-electron chi connectivity index (χ4n) is 2.22. The maximum Gasteiger partial charge on any atom is 0.237 e. The Hall–Kier alpha value is -1.39. The van der Waals surface area contributed by atoms with Crippen molar-refractivity contribution in [3.63, 3.8) is 0 Å². The number of carbonyl (C=O) groups excluding carboxylic acids is 1. The molecule has 1 heterocycles. The molecule has 0 aromatic heterocycles. The van der Waals surface area contributed by atoms with Gasteiger partial charge in [0.25, 0.3) is 0 Å². The molecule has 1 aromatic carbocycles. The molecule has 18 heavy (non-hydrogen) atoms. The molecule has 98 valence electrons. The predicted molar refractivity (Wildman–Crippen MR) is 70.1 cm³/mol. The third-order valence-corrected chi connectivity index (χ3v) is 3.46. The largest absolute Gasteiger partial charge is 0.394 e. The fourth-order valence-corrected chi connectivity index (χ4v) is 2.22. The van der Waals surface area contributed by atoms with Gasteiger partial charge in [-0.1, -0.05) is 31.2 Å². The van der Waals surface area contributed by atoms with Crippen molar-refractivity contribution < 1.29 is 9.90 Å².